The van der Waals surface area contributed by atoms with Crippen LogP contribution in [0.1, 0.15) is 41.6 Å². The molecule has 0 radical (unpaired) electrons. The van der Waals surface area contributed by atoms with E-state index in [-0.39, 0.29) is 5.91 Å². The quantitative estimate of drug-likeness (QED) is 0.830. The van der Waals surface area contributed by atoms with Crippen LogP contribution in [0.3, 0.4) is 0 Å². The normalized spacial score (nSPS) is 17.2. The van der Waals surface area contributed by atoms with Crippen molar-refractivity contribution in [2.45, 2.75) is 38.1 Å². The van der Waals surface area contributed by atoms with Gasteiger partial charge in [0.2, 0.25) is 0 Å². The Morgan fingerprint density at radius 3 is 2.72 bits per heavy atom. The molecule has 0 bridgehead atoms. The number of hydrogen-bond acceptors (Lipinski definition) is 2. The Kier molecular flexibility index (Phi) is 3.91. The maximum Gasteiger partial charge on any atom is 0.253 e. The monoisotopic (exact) mass is 354 g/mol. The van der Waals surface area contributed by atoms with E-state index in [4.69, 9.17) is 0 Å². The fourth-order valence-electron chi connectivity index (χ4n) is 2.34. The molecule has 3 nitrogen and oxygen atoms in total. The van der Waals surface area contributed by atoms with E-state index in [0.29, 0.717) is 5.56 Å². The molecule has 1 saturated carbocycles. The van der Waals surface area contributed by atoms with Crippen LogP contribution in [0.15, 0.2) is 18.2 Å². The Balaban J connectivity index is 2.22. The molecule has 1 amide bonds. The summed E-state index contributed by atoms with van der Waals surface area (Å²) >= 11 is 2.15. The summed E-state index contributed by atoms with van der Waals surface area (Å²) < 4.78 is 0.918. The van der Waals surface area contributed by atoms with Crippen LogP contribution in [0, 0.1) is 21.8 Å². The van der Waals surface area contributed by atoms with Crippen molar-refractivity contribution in [3.05, 3.63) is 32.9 Å². The van der Waals surface area contributed by atoms with Gasteiger partial charge in [-0.15, -0.1) is 0 Å². The summed E-state index contributed by atoms with van der Waals surface area (Å²) in [5.74, 6) is -0.133. The lowest BCUT2D eigenvalue weighted by Crippen LogP contribution is -2.45. The third kappa shape index (κ3) is 2.66. The largest absolute Gasteiger partial charge is 0.334 e. The van der Waals surface area contributed by atoms with Gasteiger partial charge >= 0.3 is 0 Å². The highest BCUT2D eigenvalue weighted by Gasteiger charge is 2.35. The van der Waals surface area contributed by atoms with Gasteiger partial charge in [-0.3, -0.25) is 4.79 Å². The molecule has 4 heteroatoms. The van der Waals surface area contributed by atoms with E-state index in [1.807, 2.05) is 25.1 Å². The Morgan fingerprint density at radius 2 is 2.11 bits per heavy atom. The van der Waals surface area contributed by atoms with Crippen molar-refractivity contribution < 1.29 is 4.79 Å². The summed E-state index contributed by atoms with van der Waals surface area (Å²) in [6.07, 6.45) is 3.55. The van der Waals surface area contributed by atoms with Crippen molar-refractivity contribution in [1.29, 1.82) is 5.26 Å². The summed E-state index contributed by atoms with van der Waals surface area (Å²) in [5.41, 5.74) is 1.07. The predicted molar refractivity (Wildman–Crippen MR) is 78.2 cm³/mol. The third-order valence-corrected chi connectivity index (χ3v) is 4.33. The number of nitriles is 1. The molecule has 1 aliphatic carbocycles. The Bertz CT molecular complexity index is 513. The van der Waals surface area contributed by atoms with Crippen LogP contribution in [-0.2, 0) is 0 Å². The zero-order valence-electron chi connectivity index (χ0n) is 10.3. The number of rotatable bonds is 2. The molecular weight excluding hydrogens is 339 g/mol. The molecule has 1 aliphatic rings. The van der Waals surface area contributed by atoms with Crippen LogP contribution in [0.25, 0.3) is 0 Å². The standard InChI is InChI=1S/C14H15IN2O/c1-10-4-5-12(15)11(8-10)13(18)17-14(9-16)6-2-3-7-14/h4-5,8H,2-3,6-7H2,1H3,(H,17,18). The second kappa shape index (κ2) is 5.27. The Morgan fingerprint density at radius 1 is 1.44 bits per heavy atom. The van der Waals surface area contributed by atoms with Gasteiger partial charge in [-0.25, -0.2) is 0 Å². The molecule has 18 heavy (non-hydrogen) atoms. The Labute approximate surface area is 121 Å². The highest BCUT2D eigenvalue weighted by molar-refractivity contribution is 14.1. The topological polar surface area (TPSA) is 52.9 Å². The highest BCUT2D eigenvalue weighted by Crippen LogP contribution is 2.29. The van der Waals surface area contributed by atoms with Gasteiger partial charge in [-0.05, 0) is 67.3 Å². The molecule has 0 heterocycles. The molecule has 0 unspecified atom stereocenters. The van der Waals surface area contributed by atoms with Gasteiger partial charge in [0.05, 0.1) is 11.6 Å². The minimum absolute atomic E-state index is 0.133. The smallest absolute Gasteiger partial charge is 0.253 e. The van der Waals surface area contributed by atoms with E-state index in [2.05, 4.69) is 34.0 Å². The summed E-state index contributed by atoms with van der Waals surface area (Å²) in [6, 6.07) is 8.06. The lowest BCUT2D eigenvalue weighted by Gasteiger charge is -2.22. The van der Waals surface area contributed by atoms with Gasteiger partial charge in [-0.1, -0.05) is 11.6 Å². The lowest BCUT2D eigenvalue weighted by molar-refractivity contribution is 0.0919. The van der Waals surface area contributed by atoms with Crippen molar-refractivity contribution in [2.24, 2.45) is 0 Å². The first-order valence-electron chi connectivity index (χ1n) is 6.06. The van der Waals surface area contributed by atoms with Crippen LogP contribution in [0.2, 0.25) is 0 Å². The van der Waals surface area contributed by atoms with Crippen LogP contribution in [-0.4, -0.2) is 11.4 Å². The van der Waals surface area contributed by atoms with E-state index < -0.39 is 5.54 Å². The second-order valence-corrected chi connectivity index (χ2v) is 6.00. The van der Waals surface area contributed by atoms with Crippen molar-refractivity contribution in [2.75, 3.05) is 0 Å². The number of carbonyl (C=O) groups is 1. The molecular formula is C14H15IN2O. The first kappa shape index (κ1) is 13.3. The third-order valence-electron chi connectivity index (χ3n) is 3.39. The minimum atomic E-state index is -0.649. The van der Waals surface area contributed by atoms with E-state index in [0.717, 1.165) is 34.8 Å². The fraction of sp³-hybridized carbons (Fsp3) is 0.429. The molecule has 2 rings (SSSR count). The number of aryl methyl sites for hydroxylation is 1. The van der Waals surface area contributed by atoms with E-state index in [1.54, 1.807) is 0 Å². The van der Waals surface area contributed by atoms with Gasteiger partial charge in [0.15, 0.2) is 0 Å². The number of carbonyl (C=O) groups excluding carboxylic acids is 1. The SMILES string of the molecule is Cc1ccc(I)c(C(=O)NC2(C#N)CCCC2)c1. The fourth-order valence-corrected chi connectivity index (χ4v) is 2.92. The Hall–Kier alpha value is -1.09. The van der Waals surface area contributed by atoms with Gasteiger partial charge in [0.25, 0.3) is 5.91 Å². The van der Waals surface area contributed by atoms with Crippen molar-refractivity contribution >= 4 is 28.5 Å². The van der Waals surface area contributed by atoms with Gasteiger partial charge < -0.3 is 5.32 Å². The average molecular weight is 354 g/mol. The summed E-state index contributed by atoms with van der Waals surface area (Å²) in [6.45, 7) is 1.96. The van der Waals surface area contributed by atoms with Crippen molar-refractivity contribution in [1.82, 2.24) is 5.32 Å². The molecule has 1 fully saturated rings. The van der Waals surface area contributed by atoms with Crippen molar-refractivity contribution in [3.63, 3.8) is 0 Å². The number of nitrogens with one attached hydrogen (secondary N) is 1. The van der Waals surface area contributed by atoms with E-state index in [9.17, 15) is 10.1 Å². The average Bonchev–Trinajstić information content (AvgIpc) is 2.81. The van der Waals surface area contributed by atoms with Gasteiger partial charge in [-0.2, -0.15) is 5.26 Å². The number of nitrogens with zero attached hydrogens (tertiary/aromatic N) is 1. The number of halogens is 1. The molecule has 1 aromatic carbocycles. The number of benzene rings is 1. The molecule has 0 atom stereocenters. The summed E-state index contributed by atoms with van der Waals surface area (Å²) in [4.78, 5) is 12.3. The number of amides is 1. The molecule has 0 spiro atoms. The van der Waals surface area contributed by atoms with Crippen molar-refractivity contribution in [3.8, 4) is 6.07 Å². The molecule has 0 aliphatic heterocycles. The van der Waals surface area contributed by atoms with E-state index >= 15 is 0 Å². The first-order chi connectivity index (χ1) is 8.56. The molecule has 1 N–H and O–H groups in total. The van der Waals surface area contributed by atoms with Crippen LogP contribution < -0.4 is 5.32 Å². The van der Waals surface area contributed by atoms with Gasteiger partial charge in [0.1, 0.15) is 5.54 Å². The first-order valence-corrected chi connectivity index (χ1v) is 7.14. The highest BCUT2D eigenvalue weighted by atomic mass is 127. The molecule has 94 valence electrons. The molecule has 0 saturated heterocycles. The predicted octanol–water partition coefficient (Wildman–Crippen LogP) is 3.17. The summed E-state index contributed by atoms with van der Waals surface area (Å²) in [5, 5.41) is 12.2. The zero-order chi connectivity index (χ0) is 13.2. The van der Waals surface area contributed by atoms with E-state index in [1.165, 1.54) is 0 Å². The minimum Gasteiger partial charge on any atom is -0.334 e. The van der Waals surface area contributed by atoms with Crippen LogP contribution in [0.4, 0.5) is 0 Å². The zero-order valence-corrected chi connectivity index (χ0v) is 12.5. The second-order valence-electron chi connectivity index (χ2n) is 4.84. The van der Waals surface area contributed by atoms with Crippen LogP contribution >= 0.6 is 22.6 Å². The number of hydrogen-bond donors (Lipinski definition) is 1. The maximum atomic E-state index is 12.3. The lowest BCUT2D eigenvalue weighted by atomic mass is 9.99. The maximum absolute atomic E-state index is 12.3. The van der Waals surface area contributed by atoms with Gasteiger partial charge in [0, 0.05) is 3.57 Å². The summed E-state index contributed by atoms with van der Waals surface area (Å²) in [7, 11) is 0. The molecule has 1 aromatic rings. The molecule has 0 aromatic heterocycles. The van der Waals surface area contributed by atoms with Crippen LogP contribution in [0.5, 0.6) is 0 Å².